The van der Waals surface area contributed by atoms with E-state index >= 15 is 0 Å². The fourth-order valence-electron chi connectivity index (χ4n) is 1.34. The van der Waals surface area contributed by atoms with E-state index in [0.717, 1.165) is 24.8 Å². The summed E-state index contributed by atoms with van der Waals surface area (Å²) in [5.41, 5.74) is 5.97. The van der Waals surface area contributed by atoms with E-state index in [9.17, 15) is 15.2 Å². The SMILES string of the molecule is NCCCCc1ccc(O)c([N+](=O)[O-])c1. The Labute approximate surface area is 87.7 Å². The van der Waals surface area contributed by atoms with Gasteiger partial charge in [-0.2, -0.15) is 0 Å². The van der Waals surface area contributed by atoms with Gasteiger partial charge in [-0.15, -0.1) is 0 Å². The Balaban J connectivity index is 2.74. The number of hydrogen-bond donors (Lipinski definition) is 2. The molecule has 0 aliphatic rings. The van der Waals surface area contributed by atoms with Crippen LogP contribution in [0, 0.1) is 10.1 Å². The van der Waals surface area contributed by atoms with Crippen molar-refractivity contribution in [2.45, 2.75) is 19.3 Å². The molecule has 0 radical (unpaired) electrons. The summed E-state index contributed by atoms with van der Waals surface area (Å²) < 4.78 is 0. The summed E-state index contributed by atoms with van der Waals surface area (Å²) in [4.78, 5) is 9.95. The minimum Gasteiger partial charge on any atom is -0.502 e. The molecule has 0 heterocycles. The summed E-state index contributed by atoms with van der Waals surface area (Å²) in [6, 6.07) is 4.46. The quantitative estimate of drug-likeness (QED) is 0.438. The normalized spacial score (nSPS) is 10.2. The third-order valence-electron chi connectivity index (χ3n) is 2.16. The molecule has 0 atom stereocenters. The number of nitrogens with zero attached hydrogens (tertiary/aromatic N) is 1. The van der Waals surface area contributed by atoms with Crippen LogP contribution in [0.1, 0.15) is 18.4 Å². The van der Waals surface area contributed by atoms with E-state index < -0.39 is 4.92 Å². The molecule has 0 bridgehead atoms. The monoisotopic (exact) mass is 210 g/mol. The van der Waals surface area contributed by atoms with Crippen LogP contribution in [0.15, 0.2) is 18.2 Å². The number of aryl methyl sites for hydroxylation is 1. The van der Waals surface area contributed by atoms with Gasteiger partial charge in [0.2, 0.25) is 0 Å². The van der Waals surface area contributed by atoms with Crippen molar-refractivity contribution < 1.29 is 10.0 Å². The molecule has 1 aromatic carbocycles. The fourth-order valence-corrected chi connectivity index (χ4v) is 1.34. The molecule has 1 rings (SSSR count). The van der Waals surface area contributed by atoms with Crippen LogP contribution >= 0.6 is 0 Å². The topological polar surface area (TPSA) is 89.4 Å². The average molecular weight is 210 g/mol. The highest BCUT2D eigenvalue weighted by molar-refractivity contribution is 5.47. The Kier molecular flexibility index (Phi) is 4.05. The van der Waals surface area contributed by atoms with E-state index in [-0.39, 0.29) is 11.4 Å². The Morgan fingerprint density at radius 2 is 2.13 bits per heavy atom. The first-order valence-corrected chi connectivity index (χ1v) is 4.81. The highest BCUT2D eigenvalue weighted by Gasteiger charge is 2.12. The van der Waals surface area contributed by atoms with E-state index in [1.165, 1.54) is 12.1 Å². The average Bonchev–Trinajstić information content (AvgIpc) is 2.20. The lowest BCUT2D eigenvalue weighted by Gasteiger charge is -2.01. The van der Waals surface area contributed by atoms with Gasteiger partial charge >= 0.3 is 5.69 Å². The molecule has 0 saturated carbocycles. The van der Waals surface area contributed by atoms with E-state index in [1.807, 2.05) is 0 Å². The van der Waals surface area contributed by atoms with Gasteiger partial charge < -0.3 is 10.8 Å². The third-order valence-corrected chi connectivity index (χ3v) is 2.16. The van der Waals surface area contributed by atoms with E-state index in [2.05, 4.69) is 0 Å². The molecule has 0 amide bonds. The zero-order valence-electron chi connectivity index (χ0n) is 8.35. The maximum absolute atomic E-state index is 10.5. The molecule has 15 heavy (non-hydrogen) atoms. The van der Waals surface area contributed by atoms with Gasteiger partial charge in [0.25, 0.3) is 0 Å². The van der Waals surface area contributed by atoms with Crippen molar-refractivity contribution in [3.05, 3.63) is 33.9 Å². The molecular formula is C10H14N2O3. The first-order valence-electron chi connectivity index (χ1n) is 4.81. The number of rotatable bonds is 5. The van der Waals surface area contributed by atoms with Gasteiger partial charge in [-0.3, -0.25) is 10.1 Å². The number of hydrogen-bond acceptors (Lipinski definition) is 4. The predicted molar refractivity (Wildman–Crippen MR) is 56.8 cm³/mol. The number of unbranched alkanes of at least 4 members (excludes halogenated alkanes) is 1. The standard InChI is InChI=1S/C10H14N2O3/c11-6-2-1-3-8-4-5-10(13)9(7-8)12(14)15/h4-5,7,13H,1-3,6,11H2. The minimum atomic E-state index is -0.582. The first kappa shape index (κ1) is 11.5. The predicted octanol–water partition coefficient (Wildman–Crippen LogP) is 1.58. The van der Waals surface area contributed by atoms with E-state index in [0.29, 0.717) is 6.54 Å². The number of aromatic hydroxyl groups is 1. The summed E-state index contributed by atoms with van der Waals surface area (Å²) in [5, 5.41) is 19.7. The van der Waals surface area contributed by atoms with Crippen LogP contribution < -0.4 is 5.73 Å². The maximum Gasteiger partial charge on any atom is 0.310 e. The highest BCUT2D eigenvalue weighted by atomic mass is 16.6. The number of nitro benzene ring substituents is 1. The molecule has 0 aromatic heterocycles. The number of phenols is 1. The summed E-state index contributed by atoms with van der Waals surface area (Å²) >= 11 is 0. The van der Waals surface area contributed by atoms with Gasteiger partial charge in [-0.1, -0.05) is 6.07 Å². The van der Waals surface area contributed by atoms with Gasteiger partial charge in [0, 0.05) is 6.07 Å². The smallest absolute Gasteiger partial charge is 0.310 e. The summed E-state index contributed by atoms with van der Waals surface area (Å²) in [7, 11) is 0. The summed E-state index contributed by atoms with van der Waals surface area (Å²) in [5.74, 6) is -0.289. The Hall–Kier alpha value is -1.62. The van der Waals surface area contributed by atoms with Crippen molar-refractivity contribution in [2.75, 3.05) is 6.54 Å². The lowest BCUT2D eigenvalue weighted by atomic mass is 10.1. The lowest BCUT2D eigenvalue weighted by Crippen LogP contribution is -1.99. The number of benzene rings is 1. The molecule has 5 heteroatoms. The van der Waals surface area contributed by atoms with Crippen molar-refractivity contribution in [3.63, 3.8) is 0 Å². The zero-order chi connectivity index (χ0) is 11.3. The first-order chi connectivity index (χ1) is 7.15. The number of nitro groups is 1. The van der Waals surface area contributed by atoms with Crippen LogP contribution in [0.2, 0.25) is 0 Å². The molecular weight excluding hydrogens is 196 g/mol. The molecule has 82 valence electrons. The zero-order valence-corrected chi connectivity index (χ0v) is 8.35. The third kappa shape index (κ3) is 3.21. The number of nitrogens with two attached hydrogens (primary N) is 1. The van der Waals surface area contributed by atoms with Gasteiger partial charge in [0.1, 0.15) is 0 Å². The Morgan fingerprint density at radius 3 is 2.73 bits per heavy atom. The van der Waals surface area contributed by atoms with Gasteiger partial charge in [-0.05, 0) is 37.4 Å². The van der Waals surface area contributed by atoms with Crippen LogP contribution in [0.3, 0.4) is 0 Å². The van der Waals surface area contributed by atoms with Crippen LogP contribution in [-0.4, -0.2) is 16.6 Å². The summed E-state index contributed by atoms with van der Waals surface area (Å²) in [6.45, 7) is 0.625. The lowest BCUT2D eigenvalue weighted by molar-refractivity contribution is -0.385. The van der Waals surface area contributed by atoms with Crippen LogP contribution in [0.5, 0.6) is 5.75 Å². The second kappa shape index (κ2) is 5.31. The Morgan fingerprint density at radius 1 is 1.40 bits per heavy atom. The van der Waals surface area contributed by atoms with E-state index in [4.69, 9.17) is 5.73 Å². The van der Waals surface area contributed by atoms with Crippen LogP contribution in [-0.2, 0) is 6.42 Å². The van der Waals surface area contributed by atoms with E-state index in [1.54, 1.807) is 6.07 Å². The molecule has 1 aromatic rings. The second-order valence-corrected chi connectivity index (χ2v) is 3.33. The van der Waals surface area contributed by atoms with Crippen molar-refractivity contribution in [1.82, 2.24) is 0 Å². The molecule has 0 aliphatic carbocycles. The fraction of sp³-hybridized carbons (Fsp3) is 0.400. The van der Waals surface area contributed by atoms with Crippen LogP contribution in [0.25, 0.3) is 0 Å². The maximum atomic E-state index is 10.5. The second-order valence-electron chi connectivity index (χ2n) is 3.33. The molecule has 0 fully saturated rings. The summed E-state index contributed by atoms with van der Waals surface area (Å²) in [6.07, 6.45) is 2.55. The molecule has 0 spiro atoms. The van der Waals surface area contributed by atoms with Crippen molar-refractivity contribution in [3.8, 4) is 5.75 Å². The molecule has 0 aliphatic heterocycles. The van der Waals surface area contributed by atoms with Gasteiger partial charge in [0.05, 0.1) is 4.92 Å². The van der Waals surface area contributed by atoms with Crippen molar-refractivity contribution in [2.24, 2.45) is 5.73 Å². The van der Waals surface area contributed by atoms with Gasteiger partial charge in [0.15, 0.2) is 5.75 Å². The van der Waals surface area contributed by atoms with Crippen molar-refractivity contribution >= 4 is 5.69 Å². The minimum absolute atomic E-state index is 0.236. The molecule has 3 N–H and O–H groups in total. The largest absolute Gasteiger partial charge is 0.502 e. The molecule has 0 unspecified atom stereocenters. The molecule has 5 nitrogen and oxygen atoms in total. The highest BCUT2D eigenvalue weighted by Crippen LogP contribution is 2.26. The number of phenolic OH excluding ortho intramolecular Hbond substituents is 1. The van der Waals surface area contributed by atoms with Crippen LogP contribution in [0.4, 0.5) is 5.69 Å². The molecule has 0 saturated heterocycles. The van der Waals surface area contributed by atoms with Gasteiger partial charge in [-0.25, -0.2) is 0 Å². The Bertz CT molecular complexity index is 353. The van der Waals surface area contributed by atoms with Crippen molar-refractivity contribution in [1.29, 1.82) is 0 Å².